The number of hydrogen-bond donors (Lipinski definition) is 1. The molecule has 3 rings (SSSR count). The number of aromatic hydroxyl groups is 1. The fraction of sp³-hybridized carbons (Fsp3) is 0. The Hall–Kier alpha value is -2.36. The van der Waals surface area contributed by atoms with Gasteiger partial charge in [-0.1, -0.05) is 12.1 Å². The summed E-state index contributed by atoms with van der Waals surface area (Å²) < 4.78 is 1.77. The first-order valence-electron chi connectivity index (χ1n) is 4.93. The van der Waals surface area contributed by atoms with Gasteiger partial charge < -0.3 is 5.11 Å². The van der Waals surface area contributed by atoms with Gasteiger partial charge in [-0.15, -0.1) is 0 Å². The van der Waals surface area contributed by atoms with Crippen LogP contribution in [0.4, 0.5) is 0 Å². The van der Waals surface area contributed by atoms with Gasteiger partial charge in [0.1, 0.15) is 17.6 Å². The van der Waals surface area contributed by atoms with Crippen molar-refractivity contribution in [3.05, 3.63) is 48.9 Å². The predicted molar refractivity (Wildman–Crippen MR) is 60.5 cm³/mol. The van der Waals surface area contributed by atoms with Crippen LogP contribution in [-0.2, 0) is 0 Å². The number of rotatable bonds is 1. The fourth-order valence-electron chi connectivity index (χ4n) is 1.69. The molecular weight excluding hydrogens is 202 g/mol. The zero-order valence-corrected chi connectivity index (χ0v) is 8.41. The van der Waals surface area contributed by atoms with Crippen LogP contribution >= 0.6 is 0 Å². The third-order valence-corrected chi connectivity index (χ3v) is 2.45. The predicted octanol–water partition coefficient (Wildman–Crippen LogP) is 2.13. The Bertz CT molecular complexity index is 645. The van der Waals surface area contributed by atoms with Crippen molar-refractivity contribution in [2.24, 2.45) is 0 Å². The molecule has 78 valence electrons. The summed E-state index contributed by atoms with van der Waals surface area (Å²) in [6.07, 6.45) is 3.37. The van der Waals surface area contributed by atoms with Gasteiger partial charge in [0.25, 0.3) is 0 Å². The number of phenols is 1. The van der Waals surface area contributed by atoms with Crippen molar-refractivity contribution in [3.63, 3.8) is 0 Å². The van der Waals surface area contributed by atoms with Crippen LogP contribution in [0.5, 0.6) is 5.75 Å². The third kappa shape index (κ3) is 1.24. The zero-order chi connectivity index (χ0) is 11.0. The van der Waals surface area contributed by atoms with E-state index in [4.69, 9.17) is 0 Å². The fourth-order valence-corrected chi connectivity index (χ4v) is 1.69. The van der Waals surface area contributed by atoms with E-state index in [1.54, 1.807) is 29.2 Å². The van der Waals surface area contributed by atoms with Gasteiger partial charge in [0, 0.05) is 6.20 Å². The van der Waals surface area contributed by atoms with E-state index < -0.39 is 0 Å². The molecule has 0 amide bonds. The number of pyridine rings is 1. The van der Waals surface area contributed by atoms with Gasteiger partial charge in [-0.25, -0.2) is 9.97 Å². The van der Waals surface area contributed by atoms with Gasteiger partial charge in [0.15, 0.2) is 5.65 Å². The van der Waals surface area contributed by atoms with Crippen LogP contribution in [0.2, 0.25) is 0 Å². The number of para-hydroxylation sites is 2. The number of fused-ring (bicyclic) bond motifs is 1. The molecule has 0 aliphatic rings. The molecule has 3 aromatic rings. The molecule has 0 atom stereocenters. The Labute approximate surface area is 91.8 Å². The van der Waals surface area contributed by atoms with E-state index in [0.29, 0.717) is 5.69 Å². The quantitative estimate of drug-likeness (QED) is 0.670. The highest BCUT2D eigenvalue weighted by molar-refractivity contribution is 5.73. The number of imidazole rings is 1. The maximum atomic E-state index is 9.77. The molecule has 0 bridgehead atoms. The molecule has 1 aromatic carbocycles. The van der Waals surface area contributed by atoms with Gasteiger partial charge in [-0.05, 0) is 24.3 Å². The molecule has 4 nitrogen and oxygen atoms in total. The summed E-state index contributed by atoms with van der Waals surface area (Å²) in [6.45, 7) is 0. The normalized spacial score (nSPS) is 10.8. The van der Waals surface area contributed by atoms with Crippen LogP contribution in [0, 0.1) is 0 Å². The van der Waals surface area contributed by atoms with Gasteiger partial charge >= 0.3 is 0 Å². The summed E-state index contributed by atoms with van der Waals surface area (Å²) in [5, 5.41) is 9.77. The second-order valence-corrected chi connectivity index (χ2v) is 3.45. The molecule has 2 aromatic heterocycles. The highest BCUT2D eigenvalue weighted by Crippen LogP contribution is 2.23. The summed E-state index contributed by atoms with van der Waals surface area (Å²) in [7, 11) is 0. The van der Waals surface area contributed by atoms with Gasteiger partial charge in [-0.2, -0.15) is 0 Å². The minimum atomic E-state index is 0.215. The SMILES string of the molecule is Oc1ccccc1-n1cnc2cccnc21. The second-order valence-electron chi connectivity index (χ2n) is 3.45. The number of aromatic nitrogens is 3. The molecular formula is C12H9N3O. The van der Waals surface area contributed by atoms with Crippen molar-refractivity contribution in [3.8, 4) is 11.4 Å². The number of hydrogen-bond acceptors (Lipinski definition) is 3. The molecule has 1 N–H and O–H groups in total. The largest absolute Gasteiger partial charge is 0.506 e. The van der Waals surface area contributed by atoms with E-state index in [9.17, 15) is 5.11 Å². The van der Waals surface area contributed by atoms with Crippen LogP contribution < -0.4 is 0 Å². The monoisotopic (exact) mass is 211 g/mol. The first kappa shape index (κ1) is 8.91. The van der Waals surface area contributed by atoms with Crippen LogP contribution in [0.25, 0.3) is 16.9 Å². The smallest absolute Gasteiger partial charge is 0.164 e. The Balaban J connectivity index is 2.31. The first-order valence-corrected chi connectivity index (χ1v) is 4.93. The molecule has 0 radical (unpaired) electrons. The van der Waals surface area contributed by atoms with Gasteiger partial charge in [0.05, 0.1) is 5.69 Å². The molecule has 0 saturated heterocycles. The van der Waals surface area contributed by atoms with Gasteiger partial charge in [-0.3, -0.25) is 4.57 Å². The average Bonchev–Trinajstić information content (AvgIpc) is 2.74. The molecule has 16 heavy (non-hydrogen) atoms. The lowest BCUT2D eigenvalue weighted by atomic mass is 10.3. The molecule has 2 heterocycles. The molecule has 0 aliphatic heterocycles. The number of benzene rings is 1. The van der Waals surface area contributed by atoms with E-state index in [2.05, 4.69) is 9.97 Å². The highest BCUT2D eigenvalue weighted by Gasteiger charge is 2.07. The number of nitrogens with zero attached hydrogens (tertiary/aromatic N) is 3. The number of phenolic OH excluding ortho intramolecular Hbond substituents is 1. The van der Waals surface area contributed by atoms with Gasteiger partial charge in [0.2, 0.25) is 0 Å². The first-order chi connectivity index (χ1) is 7.86. The Kier molecular flexibility index (Phi) is 1.86. The van der Waals surface area contributed by atoms with Crippen molar-refractivity contribution in [2.45, 2.75) is 0 Å². The summed E-state index contributed by atoms with van der Waals surface area (Å²) in [6, 6.07) is 10.8. The average molecular weight is 211 g/mol. The molecule has 0 aliphatic carbocycles. The maximum absolute atomic E-state index is 9.77. The van der Waals surface area contributed by atoms with Crippen molar-refractivity contribution in [1.29, 1.82) is 0 Å². The van der Waals surface area contributed by atoms with Crippen molar-refractivity contribution < 1.29 is 5.11 Å². The third-order valence-electron chi connectivity index (χ3n) is 2.45. The van der Waals surface area contributed by atoms with Crippen LogP contribution in [0.1, 0.15) is 0 Å². The van der Waals surface area contributed by atoms with E-state index >= 15 is 0 Å². The standard InChI is InChI=1S/C12H9N3O/c16-11-6-2-1-5-10(11)15-8-14-9-4-3-7-13-12(9)15/h1-8,16H. The Morgan fingerprint density at radius 2 is 1.88 bits per heavy atom. The lowest BCUT2D eigenvalue weighted by Crippen LogP contribution is -1.93. The zero-order valence-electron chi connectivity index (χ0n) is 8.41. The van der Waals surface area contributed by atoms with E-state index in [-0.39, 0.29) is 5.75 Å². The second kappa shape index (κ2) is 3.34. The van der Waals surface area contributed by atoms with Crippen molar-refractivity contribution in [1.82, 2.24) is 14.5 Å². The minimum Gasteiger partial charge on any atom is -0.506 e. The lowest BCUT2D eigenvalue weighted by Gasteiger charge is -2.04. The minimum absolute atomic E-state index is 0.215. The van der Waals surface area contributed by atoms with Crippen LogP contribution in [-0.4, -0.2) is 19.6 Å². The lowest BCUT2D eigenvalue weighted by molar-refractivity contribution is 0.472. The summed E-state index contributed by atoms with van der Waals surface area (Å²) in [5.74, 6) is 0.215. The molecule has 0 spiro atoms. The molecule has 0 saturated carbocycles. The summed E-state index contributed by atoms with van der Waals surface area (Å²) in [4.78, 5) is 8.47. The van der Waals surface area contributed by atoms with Crippen LogP contribution in [0.15, 0.2) is 48.9 Å². The topological polar surface area (TPSA) is 50.9 Å². The molecule has 0 fully saturated rings. The molecule has 0 unspecified atom stereocenters. The Morgan fingerprint density at radius 3 is 2.75 bits per heavy atom. The molecule has 4 heteroatoms. The highest BCUT2D eigenvalue weighted by atomic mass is 16.3. The van der Waals surface area contributed by atoms with E-state index in [1.807, 2.05) is 24.3 Å². The summed E-state index contributed by atoms with van der Waals surface area (Å²) in [5.41, 5.74) is 2.23. The van der Waals surface area contributed by atoms with Crippen molar-refractivity contribution in [2.75, 3.05) is 0 Å². The maximum Gasteiger partial charge on any atom is 0.164 e. The van der Waals surface area contributed by atoms with E-state index in [0.717, 1.165) is 11.2 Å². The van der Waals surface area contributed by atoms with Crippen LogP contribution in [0.3, 0.4) is 0 Å². The van der Waals surface area contributed by atoms with E-state index in [1.165, 1.54) is 0 Å². The Morgan fingerprint density at radius 1 is 1.00 bits per heavy atom. The van der Waals surface area contributed by atoms with Crippen molar-refractivity contribution >= 4 is 11.2 Å². The summed E-state index contributed by atoms with van der Waals surface area (Å²) >= 11 is 0.